The fourth-order valence-electron chi connectivity index (χ4n) is 8.53. The Morgan fingerprint density at radius 3 is 1.53 bits per heavy atom. The van der Waals surface area contributed by atoms with E-state index in [0.29, 0.717) is 5.82 Å². The van der Waals surface area contributed by atoms with Crippen molar-refractivity contribution in [2.45, 2.75) is 0 Å². The van der Waals surface area contributed by atoms with Crippen LogP contribution in [0.1, 0.15) is 0 Å². The number of pyridine rings is 1. The van der Waals surface area contributed by atoms with E-state index in [4.69, 9.17) is 15.0 Å². The molecule has 60 heavy (non-hydrogen) atoms. The molecule has 0 atom stereocenters. The zero-order valence-corrected chi connectivity index (χ0v) is 32.7. The summed E-state index contributed by atoms with van der Waals surface area (Å²) >= 11 is 0. The highest BCUT2D eigenvalue weighted by Gasteiger charge is 2.17. The minimum absolute atomic E-state index is 0.697. The van der Waals surface area contributed by atoms with E-state index >= 15 is 0 Å². The quantitative estimate of drug-likeness (QED) is 0.152. The van der Waals surface area contributed by atoms with Gasteiger partial charge in [-0.1, -0.05) is 200 Å². The molecule has 0 radical (unpaired) electrons. The highest BCUT2D eigenvalue weighted by molar-refractivity contribution is 6.14. The van der Waals surface area contributed by atoms with Gasteiger partial charge in [0, 0.05) is 27.6 Å². The van der Waals surface area contributed by atoms with Gasteiger partial charge in [-0.25, -0.2) is 15.0 Å². The summed E-state index contributed by atoms with van der Waals surface area (Å²) < 4.78 is 0. The maximum Gasteiger partial charge on any atom is 0.160 e. The fourth-order valence-corrected chi connectivity index (χ4v) is 8.53. The van der Waals surface area contributed by atoms with Crippen LogP contribution in [-0.4, -0.2) is 15.0 Å². The number of aromatic nitrogens is 3. The van der Waals surface area contributed by atoms with Gasteiger partial charge in [-0.05, 0) is 79.2 Å². The number of benzene rings is 9. The maximum absolute atomic E-state index is 5.25. The summed E-state index contributed by atoms with van der Waals surface area (Å²) in [7, 11) is 0. The predicted molar refractivity (Wildman–Crippen MR) is 250 cm³/mol. The lowest BCUT2D eigenvalue weighted by molar-refractivity contribution is 1.18. The molecule has 3 heteroatoms. The summed E-state index contributed by atoms with van der Waals surface area (Å²) in [6.07, 6.45) is 0. The van der Waals surface area contributed by atoms with E-state index in [9.17, 15) is 0 Å². The average Bonchev–Trinajstić information content (AvgIpc) is 3.34. The normalized spacial score (nSPS) is 11.3. The van der Waals surface area contributed by atoms with E-state index in [-0.39, 0.29) is 0 Å². The molecule has 0 fully saturated rings. The lowest BCUT2D eigenvalue weighted by Gasteiger charge is -2.15. The number of rotatable bonds is 7. The van der Waals surface area contributed by atoms with Gasteiger partial charge in [0.2, 0.25) is 0 Å². The third-order valence-electron chi connectivity index (χ3n) is 11.5. The highest BCUT2D eigenvalue weighted by atomic mass is 14.9. The Hall–Kier alpha value is -8.01. The minimum atomic E-state index is 0.697. The standard InChI is InChI=1S/C57H37N3/c1-4-15-38(16-5-1)44-22-14-23-45(35-44)54-37-55(60-57(59-54)43-20-8-3-9-21-43)50-33-32-46(48-25-12-13-26-49(48)50)41-27-29-42(30-28-41)53-36-51(39-17-6-2-7-18-39)56-47-24-11-10-19-40(47)31-34-52(56)58-53/h1-37H. The molecule has 2 heterocycles. The summed E-state index contributed by atoms with van der Waals surface area (Å²) in [6.45, 7) is 0. The van der Waals surface area contributed by atoms with Crippen molar-refractivity contribution in [1.82, 2.24) is 15.0 Å². The van der Waals surface area contributed by atoms with Crippen LogP contribution in [-0.2, 0) is 0 Å². The van der Waals surface area contributed by atoms with E-state index in [1.54, 1.807) is 0 Å². The van der Waals surface area contributed by atoms with E-state index in [0.717, 1.165) is 72.3 Å². The molecule has 3 nitrogen and oxygen atoms in total. The monoisotopic (exact) mass is 763 g/mol. The minimum Gasteiger partial charge on any atom is -0.248 e. The Labute approximate surface area is 349 Å². The summed E-state index contributed by atoms with van der Waals surface area (Å²) in [5, 5.41) is 5.91. The third-order valence-corrected chi connectivity index (χ3v) is 11.5. The van der Waals surface area contributed by atoms with Crippen molar-refractivity contribution in [3.8, 4) is 78.5 Å². The van der Waals surface area contributed by atoms with Crippen LogP contribution in [0, 0.1) is 0 Å². The third kappa shape index (κ3) is 6.49. The second-order valence-corrected chi connectivity index (χ2v) is 15.2. The van der Waals surface area contributed by atoms with Gasteiger partial charge < -0.3 is 0 Å². The Morgan fingerprint density at radius 2 is 0.783 bits per heavy atom. The Bertz CT molecular complexity index is 3340. The lowest BCUT2D eigenvalue weighted by atomic mass is 9.92. The van der Waals surface area contributed by atoms with Crippen LogP contribution in [0.3, 0.4) is 0 Å². The Balaban J connectivity index is 1.00. The summed E-state index contributed by atoms with van der Waals surface area (Å²) in [5.41, 5.74) is 14.9. The number of hydrogen-bond donors (Lipinski definition) is 0. The van der Waals surface area contributed by atoms with Gasteiger partial charge >= 0.3 is 0 Å². The molecular weight excluding hydrogens is 727 g/mol. The molecule has 2 aromatic heterocycles. The van der Waals surface area contributed by atoms with Crippen molar-refractivity contribution in [3.63, 3.8) is 0 Å². The first-order chi connectivity index (χ1) is 29.7. The van der Waals surface area contributed by atoms with Gasteiger partial charge in [0.15, 0.2) is 5.82 Å². The summed E-state index contributed by atoms with van der Waals surface area (Å²) in [6, 6.07) is 79.3. The smallest absolute Gasteiger partial charge is 0.160 e. The van der Waals surface area contributed by atoms with E-state index in [1.165, 1.54) is 32.8 Å². The number of nitrogens with zero attached hydrogens (tertiary/aromatic N) is 3. The summed E-state index contributed by atoms with van der Waals surface area (Å²) in [4.78, 5) is 15.6. The van der Waals surface area contributed by atoms with Gasteiger partial charge in [-0.15, -0.1) is 0 Å². The van der Waals surface area contributed by atoms with Crippen molar-refractivity contribution in [2.24, 2.45) is 0 Å². The largest absolute Gasteiger partial charge is 0.248 e. The van der Waals surface area contributed by atoms with E-state index < -0.39 is 0 Å². The van der Waals surface area contributed by atoms with Crippen LogP contribution in [0.5, 0.6) is 0 Å². The van der Waals surface area contributed by atoms with Crippen molar-refractivity contribution < 1.29 is 0 Å². The molecule has 0 spiro atoms. The van der Waals surface area contributed by atoms with E-state index in [2.05, 4.69) is 200 Å². The van der Waals surface area contributed by atoms with Gasteiger partial charge in [0.25, 0.3) is 0 Å². The molecule has 0 aliphatic rings. The molecule has 0 saturated carbocycles. The van der Waals surface area contributed by atoms with Crippen molar-refractivity contribution in [1.29, 1.82) is 0 Å². The van der Waals surface area contributed by atoms with Gasteiger partial charge in [-0.3, -0.25) is 0 Å². The molecule has 9 aromatic carbocycles. The van der Waals surface area contributed by atoms with E-state index in [1.807, 2.05) is 24.3 Å². The van der Waals surface area contributed by atoms with Crippen LogP contribution in [0.4, 0.5) is 0 Å². The molecule has 0 N–H and O–H groups in total. The zero-order valence-electron chi connectivity index (χ0n) is 32.7. The zero-order chi connectivity index (χ0) is 39.8. The average molecular weight is 764 g/mol. The fraction of sp³-hybridized carbons (Fsp3) is 0. The number of hydrogen-bond acceptors (Lipinski definition) is 3. The summed E-state index contributed by atoms with van der Waals surface area (Å²) in [5.74, 6) is 0.697. The molecule has 0 aliphatic heterocycles. The SMILES string of the molecule is c1ccc(-c2cccc(-c3cc(-c4ccc(-c5ccc(-c6cc(-c7ccccc7)c7c(ccc8ccccc87)n6)cc5)c5ccccc45)nc(-c4ccccc4)n3)c2)cc1. The van der Waals surface area contributed by atoms with Gasteiger partial charge in [-0.2, -0.15) is 0 Å². The topological polar surface area (TPSA) is 38.7 Å². The molecule has 280 valence electrons. The number of fused-ring (bicyclic) bond motifs is 4. The first-order valence-electron chi connectivity index (χ1n) is 20.3. The van der Waals surface area contributed by atoms with Crippen LogP contribution in [0.2, 0.25) is 0 Å². The molecule has 0 bridgehead atoms. The van der Waals surface area contributed by atoms with Gasteiger partial charge in [0.05, 0.1) is 22.6 Å². The molecular formula is C57H37N3. The maximum atomic E-state index is 5.25. The molecule has 11 rings (SSSR count). The first-order valence-corrected chi connectivity index (χ1v) is 20.3. The second-order valence-electron chi connectivity index (χ2n) is 15.2. The highest BCUT2D eigenvalue weighted by Crippen LogP contribution is 2.40. The molecule has 0 unspecified atom stereocenters. The van der Waals surface area contributed by atoms with Crippen LogP contribution in [0.15, 0.2) is 224 Å². The van der Waals surface area contributed by atoms with Crippen LogP contribution in [0.25, 0.3) is 111 Å². The first kappa shape index (κ1) is 35.2. The van der Waals surface area contributed by atoms with Crippen LogP contribution < -0.4 is 0 Å². The van der Waals surface area contributed by atoms with Crippen molar-refractivity contribution in [2.75, 3.05) is 0 Å². The predicted octanol–water partition coefficient (Wildman–Crippen LogP) is 15.0. The lowest BCUT2D eigenvalue weighted by Crippen LogP contribution is -1.97. The van der Waals surface area contributed by atoms with Gasteiger partial charge in [0.1, 0.15) is 0 Å². The molecule has 11 aromatic rings. The molecule has 0 amide bonds. The van der Waals surface area contributed by atoms with Crippen molar-refractivity contribution in [3.05, 3.63) is 224 Å². The van der Waals surface area contributed by atoms with Crippen LogP contribution >= 0.6 is 0 Å². The van der Waals surface area contributed by atoms with Crippen molar-refractivity contribution >= 4 is 32.4 Å². The molecule has 0 saturated heterocycles. The molecule has 0 aliphatic carbocycles. The Kier molecular flexibility index (Phi) is 8.83. The Morgan fingerprint density at radius 1 is 0.250 bits per heavy atom. The second kappa shape index (κ2) is 15.1.